The number of nitrogens with zero attached hydrogens (tertiary/aromatic N) is 2. The van der Waals surface area contributed by atoms with Gasteiger partial charge in [-0.15, -0.1) is 0 Å². The molecule has 0 saturated carbocycles. The topological polar surface area (TPSA) is 61.9 Å². The van der Waals surface area contributed by atoms with Crippen LogP contribution in [0.3, 0.4) is 0 Å². The standard InChI is InChI=1S/C23H43N3O3/c1-23(2,3)29-22(28)24-16-10-7-5-6-8-11-17-25(4)18-14-15-21(27)26-19-12-9-13-20-26/h14-15H,5-13,16-20H2,1-4H3,(H,24,28)/b15-14+. The maximum atomic E-state index is 12.1. The first-order chi connectivity index (χ1) is 13.8. The number of alkyl carbamates (subject to hydrolysis) is 1. The summed E-state index contributed by atoms with van der Waals surface area (Å²) < 4.78 is 5.21. The Kier molecular flexibility index (Phi) is 12.7. The van der Waals surface area contributed by atoms with Crippen molar-refractivity contribution in [2.24, 2.45) is 0 Å². The number of ether oxygens (including phenoxy) is 1. The van der Waals surface area contributed by atoms with Crippen LogP contribution in [0.1, 0.15) is 78.6 Å². The van der Waals surface area contributed by atoms with Crippen LogP contribution in [-0.4, -0.2) is 67.2 Å². The molecule has 2 amide bonds. The largest absolute Gasteiger partial charge is 0.444 e. The summed E-state index contributed by atoms with van der Waals surface area (Å²) in [6.07, 6.45) is 13.9. The lowest BCUT2D eigenvalue weighted by molar-refractivity contribution is -0.126. The number of piperidine rings is 1. The molecule has 1 saturated heterocycles. The number of hydrogen-bond acceptors (Lipinski definition) is 4. The maximum absolute atomic E-state index is 12.1. The van der Waals surface area contributed by atoms with Crippen molar-refractivity contribution in [3.63, 3.8) is 0 Å². The van der Waals surface area contributed by atoms with Crippen molar-refractivity contribution >= 4 is 12.0 Å². The van der Waals surface area contributed by atoms with Crippen LogP contribution in [0, 0.1) is 0 Å². The molecular weight excluding hydrogens is 366 g/mol. The highest BCUT2D eigenvalue weighted by atomic mass is 16.6. The number of likely N-dealkylation sites (N-methyl/N-ethyl adjacent to an activating group) is 1. The number of nitrogens with one attached hydrogen (secondary N) is 1. The highest BCUT2D eigenvalue weighted by molar-refractivity contribution is 5.87. The molecule has 1 aliphatic rings. The number of carbonyl (C=O) groups is 2. The SMILES string of the molecule is CN(C/C=C/C(=O)N1CCCCC1)CCCCCCCCNC(=O)OC(C)(C)C. The van der Waals surface area contributed by atoms with Crippen molar-refractivity contribution in [3.05, 3.63) is 12.2 Å². The van der Waals surface area contributed by atoms with Crippen molar-refractivity contribution < 1.29 is 14.3 Å². The summed E-state index contributed by atoms with van der Waals surface area (Å²) >= 11 is 0. The zero-order valence-electron chi connectivity index (χ0n) is 19.2. The molecule has 0 bridgehead atoms. The third kappa shape index (κ3) is 14.1. The zero-order chi connectivity index (χ0) is 21.5. The smallest absolute Gasteiger partial charge is 0.407 e. The van der Waals surface area contributed by atoms with E-state index < -0.39 is 5.60 Å². The summed E-state index contributed by atoms with van der Waals surface area (Å²) in [6, 6.07) is 0. The summed E-state index contributed by atoms with van der Waals surface area (Å²) in [6.45, 7) is 10.0. The van der Waals surface area contributed by atoms with E-state index in [1.165, 1.54) is 32.1 Å². The van der Waals surface area contributed by atoms with Crippen LogP contribution in [0.4, 0.5) is 4.79 Å². The normalized spacial score (nSPS) is 15.1. The van der Waals surface area contributed by atoms with Gasteiger partial charge in [-0.1, -0.05) is 31.8 Å². The molecule has 0 unspecified atom stereocenters. The van der Waals surface area contributed by atoms with E-state index in [1.54, 1.807) is 6.08 Å². The van der Waals surface area contributed by atoms with Crippen molar-refractivity contribution in [1.82, 2.24) is 15.1 Å². The molecular formula is C23H43N3O3. The number of carbonyl (C=O) groups excluding carboxylic acids is 2. The van der Waals surface area contributed by atoms with Crippen LogP contribution < -0.4 is 5.32 Å². The third-order valence-corrected chi connectivity index (χ3v) is 4.98. The van der Waals surface area contributed by atoms with Gasteiger partial charge < -0.3 is 19.9 Å². The second-order valence-corrected chi connectivity index (χ2v) is 9.10. The van der Waals surface area contributed by atoms with Crippen LogP contribution in [0.2, 0.25) is 0 Å². The Morgan fingerprint density at radius 3 is 2.28 bits per heavy atom. The molecule has 0 aromatic carbocycles. The van der Waals surface area contributed by atoms with E-state index in [0.29, 0.717) is 6.54 Å². The van der Waals surface area contributed by atoms with Crippen molar-refractivity contribution in [2.45, 2.75) is 84.2 Å². The van der Waals surface area contributed by atoms with E-state index in [-0.39, 0.29) is 12.0 Å². The van der Waals surface area contributed by atoms with Gasteiger partial charge >= 0.3 is 6.09 Å². The molecule has 6 nitrogen and oxygen atoms in total. The van der Waals surface area contributed by atoms with E-state index in [1.807, 2.05) is 31.7 Å². The second-order valence-electron chi connectivity index (χ2n) is 9.10. The van der Waals surface area contributed by atoms with Gasteiger partial charge in [-0.05, 0) is 66.5 Å². The molecule has 0 aromatic rings. The van der Waals surface area contributed by atoms with Crippen molar-refractivity contribution in [3.8, 4) is 0 Å². The monoisotopic (exact) mass is 409 g/mol. The van der Waals surface area contributed by atoms with E-state index in [2.05, 4.69) is 17.3 Å². The number of rotatable bonds is 12. The van der Waals surface area contributed by atoms with Gasteiger partial charge in [0, 0.05) is 32.3 Å². The zero-order valence-corrected chi connectivity index (χ0v) is 19.2. The Balaban J connectivity index is 1.93. The van der Waals surface area contributed by atoms with Gasteiger partial charge in [0.25, 0.3) is 0 Å². The van der Waals surface area contributed by atoms with Crippen LogP contribution in [0.5, 0.6) is 0 Å². The van der Waals surface area contributed by atoms with Gasteiger partial charge in [0.15, 0.2) is 0 Å². The van der Waals surface area contributed by atoms with E-state index >= 15 is 0 Å². The first-order valence-electron chi connectivity index (χ1n) is 11.4. The molecule has 1 aliphatic heterocycles. The van der Waals surface area contributed by atoms with Crippen molar-refractivity contribution in [1.29, 1.82) is 0 Å². The van der Waals surface area contributed by atoms with E-state index in [9.17, 15) is 9.59 Å². The molecule has 168 valence electrons. The quantitative estimate of drug-likeness (QED) is 0.384. The Labute approximate surface area is 178 Å². The van der Waals surface area contributed by atoms with Crippen LogP contribution in [0.15, 0.2) is 12.2 Å². The Morgan fingerprint density at radius 2 is 1.62 bits per heavy atom. The average molecular weight is 410 g/mol. The van der Waals surface area contributed by atoms with Crippen molar-refractivity contribution in [2.75, 3.05) is 39.8 Å². The van der Waals surface area contributed by atoms with E-state index in [4.69, 9.17) is 4.74 Å². The molecule has 1 fully saturated rings. The molecule has 29 heavy (non-hydrogen) atoms. The van der Waals surface area contributed by atoms with Crippen LogP contribution >= 0.6 is 0 Å². The van der Waals surface area contributed by atoms with Gasteiger partial charge in [-0.2, -0.15) is 0 Å². The number of hydrogen-bond donors (Lipinski definition) is 1. The van der Waals surface area contributed by atoms with Gasteiger partial charge in [0.2, 0.25) is 5.91 Å². The molecule has 1 heterocycles. The van der Waals surface area contributed by atoms with Crippen LogP contribution in [-0.2, 0) is 9.53 Å². The first-order valence-corrected chi connectivity index (χ1v) is 11.4. The first kappa shape index (κ1) is 25.5. The highest BCUT2D eigenvalue weighted by Crippen LogP contribution is 2.09. The fourth-order valence-electron chi connectivity index (χ4n) is 3.36. The lowest BCUT2D eigenvalue weighted by Gasteiger charge is -2.25. The molecule has 0 radical (unpaired) electrons. The lowest BCUT2D eigenvalue weighted by atomic mass is 10.1. The minimum Gasteiger partial charge on any atom is -0.444 e. The molecule has 0 atom stereocenters. The van der Waals surface area contributed by atoms with Gasteiger partial charge in [-0.3, -0.25) is 4.79 Å². The average Bonchev–Trinajstić information content (AvgIpc) is 2.66. The molecule has 0 spiro atoms. The summed E-state index contributed by atoms with van der Waals surface area (Å²) in [5, 5.41) is 2.80. The predicted octanol–water partition coefficient (Wildman–Crippen LogP) is 4.35. The minimum absolute atomic E-state index is 0.166. The summed E-state index contributed by atoms with van der Waals surface area (Å²) in [4.78, 5) is 27.8. The predicted molar refractivity (Wildman–Crippen MR) is 119 cm³/mol. The Morgan fingerprint density at radius 1 is 1.00 bits per heavy atom. The van der Waals surface area contributed by atoms with E-state index in [0.717, 1.165) is 51.9 Å². The maximum Gasteiger partial charge on any atom is 0.407 e. The number of unbranched alkanes of at least 4 members (excludes halogenated alkanes) is 5. The third-order valence-electron chi connectivity index (χ3n) is 4.98. The summed E-state index contributed by atoms with van der Waals surface area (Å²) in [7, 11) is 2.11. The lowest BCUT2D eigenvalue weighted by Crippen LogP contribution is -2.34. The van der Waals surface area contributed by atoms with Gasteiger partial charge in [0.05, 0.1) is 0 Å². The fourth-order valence-corrected chi connectivity index (χ4v) is 3.36. The number of amides is 2. The number of likely N-dealkylation sites (tertiary alicyclic amines) is 1. The molecule has 6 heteroatoms. The van der Waals surface area contributed by atoms with Gasteiger partial charge in [-0.25, -0.2) is 4.79 Å². The second kappa shape index (κ2) is 14.4. The van der Waals surface area contributed by atoms with Crippen LogP contribution in [0.25, 0.3) is 0 Å². The summed E-state index contributed by atoms with van der Waals surface area (Å²) in [5.41, 5.74) is -0.435. The molecule has 1 rings (SSSR count). The molecule has 0 aliphatic carbocycles. The Hall–Kier alpha value is -1.56. The summed E-state index contributed by atoms with van der Waals surface area (Å²) in [5.74, 6) is 0.166. The highest BCUT2D eigenvalue weighted by Gasteiger charge is 2.15. The van der Waals surface area contributed by atoms with Gasteiger partial charge in [0.1, 0.15) is 5.60 Å². The molecule has 1 N–H and O–H groups in total. The molecule has 0 aromatic heterocycles. The fraction of sp³-hybridized carbons (Fsp3) is 0.826. The minimum atomic E-state index is -0.435. The Bertz CT molecular complexity index is 494.